The van der Waals surface area contributed by atoms with Gasteiger partial charge in [-0.15, -0.1) is 0 Å². The molecular formula is C11H8N2O4. The Morgan fingerprint density at radius 1 is 1.41 bits per heavy atom. The molecule has 0 aromatic rings. The maximum atomic E-state index is 11.2. The summed E-state index contributed by atoms with van der Waals surface area (Å²) in [6, 6.07) is 0. The summed E-state index contributed by atoms with van der Waals surface area (Å²) in [5, 5.41) is 18.0. The summed E-state index contributed by atoms with van der Waals surface area (Å²) in [4.78, 5) is 28.1. The van der Waals surface area contributed by atoms with Crippen molar-refractivity contribution in [3.8, 4) is 0 Å². The average Bonchev–Trinajstić information content (AvgIpc) is 2.28. The third-order valence-corrected chi connectivity index (χ3v) is 2.70. The fourth-order valence-electron chi connectivity index (χ4n) is 1.65. The van der Waals surface area contributed by atoms with Crippen LogP contribution in [0.5, 0.6) is 0 Å². The van der Waals surface area contributed by atoms with Gasteiger partial charge in [-0.05, 0) is 13.0 Å². The van der Waals surface area contributed by atoms with Crippen molar-refractivity contribution in [2.45, 2.75) is 12.5 Å². The van der Waals surface area contributed by atoms with Gasteiger partial charge in [-0.25, -0.2) is 21.0 Å². The number of hydrogen-bond donors (Lipinski definition) is 2. The monoisotopic (exact) mass is 232 g/mol. The van der Waals surface area contributed by atoms with Crippen LogP contribution in [0.4, 0.5) is 0 Å². The highest BCUT2D eigenvalue weighted by atomic mass is 16.4. The van der Waals surface area contributed by atoms with Crippen LogP contribution in [0.1, 0.15) is 6.92 Å². The Balaban J connectivity index is 3.50. The van der Waals surface area contributed by atoms with Gasteiger partial charge in [0, 0.05) is 11.6 Å². The maximum absolute atomic E-state index is 11.2. The van der Waals surface area contributed by atoms with Gasteiger partial charge in [0.15, 0.2) is 5.70 Å². The van der Waals surface area contributed by atoms with E-state index < -0.39 is 23.4 Å². The summed E-state index contributed by atoms with van der Waals surface area (Å²) < 4.78 is 0. The lowest BCUT2D eigenvalue weighted by atomic mass is 9.76. The Labute approximate surface area is 97.1 Å². The highest BCUT2D eigenvalue weighted by molar-refractivity contribution is 5.94. The summed E-state index contributed by atoms with van der Waals surface area (Å²) in [5.41, 5.74) is -2.39. The largest absolute Gasteiger partial charge is 0.478 e. The standard InChI is InChI=1S/C11H8N2O4/c1-6-8(9(14)15)4-7(12-2)5-11(6,13-3)10(16)17/h4-6H,1H3,(H,14,15)(H,16,17). The van der Waals surface area contributed by atoms with Crippen LogP contribution >= 0.6 is 0 Å². The first-order chi connectivity index (χ1) is 7.89. The Morgan fingerprint density at radius 2 is 2.00 bits per heavy atom. The maximum Gasteiger partial charge on any atom is 0.394 e. The molecule has 17 heavy (non-hydrogen) atoms. The summed E-state index contributed by atoms with van der Waals surface area (Å²) in [7, 11) is 0. The second-order valence-electron chi connectivity index (χ2n) is 3.55. The van der Waals surface area contributed by atoms with Gasteiger partial charge in [0.05, 0.1) is 12.5 Å². The molecule has 86 valence electrons. The number of nitrogens with zero attached hydrogens (tertiary/aromatic N) is 2. The molecule has 0 spiro atoms. The number of aliphatic carboxylic acids is 2. The molecule has 0 saturated carbocycles. The Bertz CT molecular complexity index is 533. The molecule has 1 aliphatic carbocycles. The molecule has 0 heterocycles. The smallest absolute Gasteiger partial charge is 0.394 e. The van der Waals surface area contributed by atoms with Gasteiger partial charge >= 0.3 is 17.5 Å². The second kappa shape index (κ2) is 4.11. The van der Waals surface area contributed by atoms with Crippen molar-refractivity contribution in [2.75, 3.05) is 0 Å². The number of rotatable bonds is 2. The van der Waals surface area contributed by atoms with Crippen LogP contribution in [0.15, 0.2) is 23.4 Å². The Morgan fingerprint density at radius 3 is 2.35 bits per heavy atom. The molecule has 2 unspecified atom stereocenters. The zero-order valence-electron chi connectivity index (χ0n) is 8.84. The molecule has 0 bridgehead atoms. The van der Waals surface area contributed by atoms with Gasteiger partial charge in [-0.2, -0.15) is 0 Å². The summed E-state index contributed by atoms with van der Waals surface area (Å²) >= 11 is 0. The second-order valence-corrected chi connectivity index (χ2v) is 3.55. The minimum atomic E-state index is -2.01. The normalized spacial score (nSPS) is 27.1. The topological polar surface area (TPSA) is 83.3 Å². The van der Waals surface area contributed by atoms with Crippen molar-refractivity contribution in [3.63, 3.8) is 0 Å². The molecular weight excluding hydrogens is 224 g/mol. The Kier molecular flexibility index (Phi) is 3.01. The number of carbonyl (C=O) groups is 2. The fraction of sp³-hybridized carbons (Fsp3) is 0.273. The van der Waals surface area contributed by atoms with E-state index >= 15 is 0 Å². The van der Waals surface area contributed by atoms with Gasteiger partial charge < -0.3 is 10.2 Å². The summed E-state index contributed by atoms with van der Waals surface area (Å²) in [6.45, 7) is 15.1. The highest BCUT2D eigenvalue weighted by Crippen LogP contribution is 2.36. The molecule has 1 aliphatic rings. The Hall–Kier alpha value is -2.60. The molecule has 6 heteroatoms. The van der Waals surface area contributed by atoms with Crippen LogP contribution in [0, 0.1) is 19.1 Å². The van der Waals surface area contributed by atoms with Crippen LogP contribution in [-0.4, -0.2) is 27.7 Å². The highest BCUT2D eigenvalue weighted by Gasteiger charge is 2.53. The number of hydrogen-bond acceptors (Lipinski definition) is 2. The lowest BCUT2D eigenvalue weighted by Crippen LogP contribution is -2.43. The number of allylic oxidation sites excluding steroid dienone is 1. The van der Waals surface area contributed by atoms with E-state index in [2.05, 4.69) is 9.69 Å². The number of carboxylic acid groups (broad SMARTS) is 2. The van der Waals surface area contributed by atoms with Crippen LogP contribution in [0.3, 0.4) is 0 Å². The van der Waals surface area contributed by atoms with Crippen LogP contribution in [-0.2, 0) is 9.59 Å². The van der Waals surface area contributed by atoms with Crippen molar-refractivity contribution in [1.82, 2.24) is 0 Å². The average molecular weight is 232 g/mol. The van der Waals surface area contributed by atoms with E-state index in [0.717, 1.165) is 12.2 Å². The van der Waals surface area contributed by atoms with E-state index in [1.54, 1.807) is 0 Å². The van der Waals surface area contributed by atoms with Crippen LogP contribution in [0.2, 0.25) is 0 Å². The van der Waals surface area contributed by atoms with Crippen molar-refractivity contribution >= 4 is 11.9 Å². The predicted octanol–water partition coefficient (Wildman–Crippen LogP) is 1.19. The lowest BCUT2D eigenvalue weighted by molar-refractivity contribution is -0.141. The first-order valence-electron chi connectivity index (χ1n) is 4.56. The quantitative estimate of drug-likeness (QED) is 0.700. The van der Waals surface area contributed by atoms with E-state index in [-0.39, 0.29) is 11.3 Å². The van der Waals surface area contributed by atoms with Crippen molar-refractivity contribution in [2.24, 2.45) is 5.92 Å². The third-order valence-electron chi connectivity index (χ3n) is 2.70. The van der Waals surface area contributed by atoms with Gasteiger partial charge in [-0.3, -0.25) is 4.85 Å². The summed E-state index contributed by atoms with van der Waals surface area (Å²) in [5.74, 6) is -3.78. The van der Waals surface area contributed by atoms with Crippen LogP contribution in [0.25, 0.3) is 9.69 Å². The molecule has 0 radical (unpaired) electrons. The molecule has 2 N–H and O–H groups in total. The minimum absolute atomic E-state index is 0.140. The molecule has 2 atom stereocenters. The predicted molar refractivity (Wildman–Crippen MR) is 56.5 cm³/mol. The third kappa shape index (κ3) is 1.77. The van der Waals surface area contributed by atoms with Crippen LogP contribution < -0.4 is 0 Å². The van der Waals surface area contributed by atoms with E-state index in [4.69, 9.17) is 23.4 Å². The zero-order valence-corrected chi connectivity index (χ0v) is 8.84. The lowest BCUT2D eigenvalue weighted by Gasteiger charge is -2.25. The van der Waals surface area contributed by atoms with E-state index in [1.165, 1.54) is 6.92 Å². The SMILES string of the molecule is [C-]#[N+]C1=CC([N+]#[C-])(C(=O)O)C(C)C(C(=O)O)=C1. The fourth-order valence-corrected chi connectivity index (χ4v) is 1.65. The molecule has 6 nitrogen and oxygen atoms in total. The van der Waals surface area contributed by atoms with Crippen molar-refractivity contribution < 1.29 is 19.8 Å². The van der Waals surface area contributed by atoms with Gasteiger partial charge in [0.25, 0.3) is 0 Å². The molecule has 1 rings (SSSR count). The van der Waals surface area contributed by atoms with E-state index in [9.17, 15) is 9.59 Å². The molecule has 0 fully saturated rings. The summed E-state index contributed by atoms with van der Waals surface area (Å²) in [6.07, 6.45) is 2.11. The van der Waals surface area contributed by atoms with E-state index in [0.29, 0.717) is 0 Å². The molecule has 0 aromatic heterocycles. The van der Waals surface area contributed by atoms with Crippen molar-refractivity contribution in [1.29, 1.82) is 0 Å². The first-order valence-corrected chi connectivity index (χ1v) is 4.56. The minimum Gasteiger partial charge on any atom is -0.478 e. The van der Waals surface area contributed by atoms with Gasteiger partial charge in [0.2, 0.25) is 0 Å². The van der Waals surface area contributed by atoms with Crippen molar-refractivity contribution in [3.05, 3.63) is 46.3 Å². The zero-order chi connectivity index (χ0) is 13.2. The van der Waals surface area contributed by atoms with Gasteiger partial charge in [0.1, 0.15) is 0 Å². The molecule has 0 amide bonds. The molecule has 0 aromatic carbocycles. The van der Waals surface area contributed by atoms with E-state index in [1.807, 2.05) is 0 Å². The first kappa shape index (κ1) is 12.5. The molecule has 0 saturated heterocycles. The number of carboxylic acids is 2. The molecule has 0 aliphatic heterocycles. The van der Waals surface area contributed by atoms with Gasteiger partial charge in [-0.1, -0.05) is 0 Å².